The molecule has 2 fully saturated rings. The minimum Gasteiger partial charge on any atom is -0.314 e. The molecule has 2 aliphatic rings. The minimum atomic E-state index is 0.848. The number of nitrogens with one attached hydrogen (secondary N) is 1. The van der Waals surface area contributed by atoms with Gasteiger partial charge in [0.1, 0.15) is 0 Å². The predicted molar refractivity (Wildman–Crippen MR) is 66.0 cm³/mol. The van der Waals surface area contributed by atoms with Gasteiger partial charge < -0.3 is 5.32 Å². The molecule has 2 rings (SSSR count). The number of rotatable bonds is 7. The summed E-state index contributed by atoms with van der Waals surface area (Å²) in [4.78, 5) is 0. The minimum absolute atomic E-state index is 0.848. The maximum atomic E-state index is 3.77. The van der Waals surface area contributed by atoms with Gasteiger partial charge in [0, 0.05) is 6.04 Å². The lowest BCUT2D eigenvalue weighted by Crippen LogP contribution is -2.36. The van der Waals surface area contributed by atoms with Crippen molar-refractivity contribution >= 4 is 0 Å². The summed E-state index contributed by atoms with van der Waals surface area (Å²) in [5.74, 6) is 2.14. The maximum absolute atomic E-state index is 3.77. The molecule has 0 saturated heterocycles. The third kappa shape index (κ3) is 3.48. The Morgan fingerprint density at radius 2 is 1.53 bits per heavy atom. The van der Waals surface area contributed by atoms with E-state index in [2.05, 4.69) is 12.2 Å². The molecule has 88 valence electrons. The van der Waals surface area contributed by atoms with Gasteiger partial charge in [-0.05, 0) is 37.6 Å². The summed E-state index contributed by atoms with van der Waals surface area (Å²) >= 11 is 0. The third-order valence-corrected chi connectivity index (χ3v) is 4.37. The summed E-state index contributed by atoms with van der Waals surface area (Å²) in [5.41, 5.74) is 0. The van der Waals surface area contributed by atoms with Gasteiger partial charge in [-0.15, -0.1) is 0 Å². The Hall–Kier alpha value is -0.0400. The molecule has 1 N–H and O–H groups in total. The van der Waals surface area contributed by atoms with E-state index in [9.17, 15) is 0 Å². The smallest absolute Gasteiger partial charge is 0.00723 e. The molecule has 0 radical (unpaired) electrons. The van der Waals surface area contributed by atoms with Crippen LogP contribution < -0.4 is 5.32 Å². The molecule has 0 bridgehead atoms. The average molecular weight is 209 g/mol. The summed E-state index contributed by atoms with van der Waals surface area (Å²) in [6, 6.07) is 0.848. The molecule has 1 heteroatoms. The van der Waals surface area contributed by atoms with Crippen LogP contribution in [0.4, 0.5) is 0 Å². The highest BCUT2D eigenvalue weighted by molar-refractivity contribution is 4.81. The van der Waals surface area contributed by atoms with Crippen LogP contribution in [0.25, 0.3) is 0 Å². The molecule has 15 heavy (non-hydrogen) atoms. The summed E-state index contributed by atoms with van der Waals surface area (Å²) in [6.07, 6.45) is 13.2. The van der Waals surface area contributed by atoms with Crippen molar-refractivity contribution in [2.24, 2.45) is 11.8 Å². The highest BCUT2D eigenvalue weighted by Crippen LogP contribution is 2.35. The van der Waals surface area contributed by atoms with E-state index in [0.717, 1.165) is 17.9 Å². The molecule has 0 amide bonds. The summed E-state index contributed by atoms with van der Waals surface area (Å²) in [7, 11) is 0. The van der Waals surface area contributed by atoms with E-state index in [1.807, 2.05) is 0 Å². The van der Waals surface area contributed by atoms with Gasteiger partial charge >= 0.3 is 0 Å². The summed E-state index contributed by atoms with van der Waals surface area (Å²) < 4.78 is 0. The van der Waals surface area contributed by atoms with Crippen molar-refractivity contribution in [1.29, 1.82) is 0 Å². The average Bonchev–Trinajstić information content (AvgIpc) is 2.11. The molecule has 0 aromatic carbocycles. The van der Waals surface area contributed by atoms with Crippen LogP contribution in [0, 0.1) is 11.8 Å². The molecule has 0 aliphatic heterocycles. The molecule has 0 aromatic heterocycles. The Kier molecular flexibility index (Phi) is 4.49. The van der Waals surface area contributed by atoms with E-state index in [1.54, 1.807) is 0 Å². The second kappa shape index (κ2) is 5.89. The van der Waals surface area contributed by atoms with Crippen LogP contribution >= 0.6 is 0 Å². The van der Waals surface area contributed by atoms with Crippen LogP contribution in [0.3, 0.4) is 0 Å². The zero-order chi connectivity index (χ0) is 10.5. The van der Waals surface area contributed by atoms with Gasteiger partial charge in [0.15, 0.2) is 0 Å². The first-order valence-electron chi connectivity index (χ1n) is 7.12. The predicted octanol–water partition coefficient (Wildman–Crippen LogP) is 3.74. The molecule has 0 heterocycles. The van der Waals surface area contributed by atoms with Gasteiger partial charge in [-0.25, -0.2) is 0 Å². The Labute approximate surface area is 95.0 Å². The standard InChI is InChI=1S/C14H27N/c1-2-9-15-14(10-12-5-3-6-12)11-13-7-4-8-13/h12-15H,2-11H2,1H3. The van der Waals surface area contributed by atoms with Crippen molar-refractivity contribution in [1.82, 2.24) is 5.32 Å². The highest BCUT2D eigenvalue weighted by atomic mass is 14.9. The fraction of sp³-hybridized carbons (Fsp3) is 1.00. The SMILES string of the molecule is CCCNC(CC1CCC1)CC1CCC1. The van der Waals surface area contributed by atoms with Crippen molar-refractivity contribution in [3.63, 3.8) is 0 Å². The van der Waals surface area contributed by atoms with Crippen molar-refractivity contribution in [2.75, 3.05) is 6.54 Å². The quantitative estimate of drug-likeness (QED) is 0.673. The zero-order valence-corrected chi connectivity index (χ0v) is 10.3. The molecular weight excluding hydrogens is 182 g/mol. The number of hydrogen-bond acceptors (Lipinski definition) is 1. The van der Waals surface area contributed by atoms with Crippen LogP contribution in [0.1, 0.15) is 64.7 Å². The van der Waals surface area contributed by atoms with Gasteiger partial charge in [0.2, 0.25) is 0 Å². The fourth-order valence-electron chi connectivity index (χ4n) is 2.87. The maximum Gasteiger partial charge on any atom is 0.00723 e. The second-order valence-electron chi connectivity index (χ2n) is 5.72. The topological polar surface area (TPSA) is 12.0 Å². The Morgan fingerprint density at radius 3 is 1.87 bits per heavy atom. The lowest BCUT2D eigenvalue weighted by molar-refractivity contribution is 0.207. The van der Waals surface area contributed by atoms with Gasteiger partial charge in [-0.3, -0.25) is 0 Å². The van der Waals surface area contributed by atoms with Crippen LogP contribution in [0.5, 0.6) is 0 Å². The van der Waals surface area contributed by atoms with Gasteiger partial charge in [-0.2, -0.15) is 0 Å². The third-order valence-electron chi connectivity index (χ3n) is 4.37. The molecule has 2 saturated carbocycles. The first-order chi connectivity index (χ1) is 7.38. The lowest BCUT2D eigenvalue weighted by atomic mass is 9.75. The van der Waals surface area contributed by atoms with Crippen LogP contribution in [0.2, 0.25) is 0 Å². The van der Waals surface area contributed by atoms with Gasteiger partial charge in [-0.1, -0.05) is 45.4 Å². The van der Waals surface area contributed by atoms with Gasteiger partial charge in [0.05, 0.1) is 0 Å². The zero-order valence-electron chi connectivity index (χ0n) is 10.3. The first-order valence-corrected chi connectivity index (χ1v) is 7.12. The van der Waals surface area contributed by atoms with E-state index in [0.29, 0.717) is 0 Å². The molecule has 0 aromatic rings. The van der Waals surface area contributed by atoms with Crippen LogP contribution in [-0.2, 0) is 0 Å². The van der Waals surface area contributed by atoms with Crippen molar-refractivity contribution in [3.8, 4) is 0 Å². The van der Waals surface area contributed by atoms with Crippen molar-refractivity contribution in [3.05, 3.63) is 0 Å². The second-order valence-corrected chi connectivity index (χ2v) is 5.72. The first kappa shape index (κ1) is 11.4. The lowest BCUT2D eigenvalue weighted by Gasteiger charge is -2.34. The fourth-order valence-corrected chi connectivity index (χ4v) is 2.87. The summed E-state index contributed by atoms with van der Waals surface area (Å²) in [5, 5.41) is 3.77. The monoisotopic (exact) mass is 209 g/mol. The van der Waals surface area contributed by atoms with Gasteiger partial charge in [0.25, 0.3) is 0 Å². The van der Waals surface area contributed by atoms with Crippen molar-refractivity contribution in [2.45, 2.75) is 70.8 Å². The van der Waals surface area contributed by atoms with Crippen LogP contribution in [0.15, 0.2) is 0 Å². The normalized spacial score (nSPS) is 22.8. The van der Waals surface area contributed by atoms with E-state index in [1.165, 1.54) is 64.3 Å². The molecular formula is C14H27N. The van der Waals surface area contributed by atoms with E-state index >= 15 is 0 Å². The van der Waals surface area contributed by atoms with Crippen LogP contribution in [-0.4, -0.2) is 12.6 Å². The Bertz CT molecular complexity index is 154. The Morgan fingerprint density at radius 1 is 1.00 bits per heavy atom. The molecule has 1 nitrogen and oxygen atoms in total. The molecule has 2 aliphatic carbocycles. The number of hydrogen-bond donors (Lipinski definition) is 1. The van der Waals surface area contributed by atoms with E-state index in [-0.39, 0.29) is 0 Å². The molecule has 0 spiro atoms. The molecule has 0 unspecified atom stereocenters. The molecule has 0 atom stereocenters. The Balaban J connectivity index is 1.67. The summed E-state index contributed by atoms with van der Waals surface area (Å²) in [6.45, 7) is 3.50. The van der Waals surface area contributed by atoms with E-state index < -0.39 is 0 Å². The van der Waals surface area contributed by atoms with Crippen molar-refractivity contribution < 1.29 is 0 Å². The largest absolute Gasteiger partial charge is 0.314 e. The highest BCUT2D eigenvalue weighted by Gasteiger charge is 2.26. The van der Waals surface area contributed by atoms with E-state index in [4.69, 9.17) is 0 Å².